The molecule has 1 unspecified atom stereocenters. The number of carbonyl (C=O) groups excluding carboxylic acids is 1. The van der Waals surface area contributed by atoms with Crippen molar-refractivity contribution in [2.24, 2.45) is 0 Å². The zero-order valence-electron chi connectivity index (χ0n) is 19.2. The standard InChI is InChI=1S/C29H27N3O2/c1-34-24-15-8-14-23(20-24)28-30-18-17-25(31-28)26-16-9-19-32(26)29(33)27(21-10-4-2-5-11-21)22-12-6-3-7-13-22/h2-8,10-15,17-18,20,26-27H,9,16,19H2,1H3. The van der Waals surface area contributed by atoms with Gasteiger partial charge in [-0.15, -0.1) is 0 Å². The van der Waals surface area contributed by atoms with Gasteiger partial charge >= 0.3 is 0 Å². The van der Waals surface area contributed by atoms with Crippen molar-refractivity contribution in [3.05, 3.63) is 114 Å². The summed E-state index contributed by atoms with van der Waals surface area (Å²) >= 11 is 0. The Balaban J connectivity index is 1.48. The lowest BCUT2D eigenvalue weighted by atomic mass is 9.89. The molecule has 1 saturated heterocycles. The van der Waals surface area contributed by atoms with E-state index in [0.717, 1.165) is 47.5 Å². The van der Waals surface area contributed by atoms with Crippen LogP contribution in [-0.2, 0) is 4.79 Å². The molecule has 0 aliphatic carbocycles. The van der Waals surface area contributed by atoms with Crippen molar-refractivity contribution in [2.45, 2.75) is 24.8 Å². The topological polar surface area (TPSA) is 55.3 Å². The Morgan fingerprint density at radius 2 is 1.65 bits per heavy atom. The molecule has 0 saturated carbocycles. The summed E-state index contributed by atoms with van der Waals surface area (Å²) in [4.78, 5) is 25.4. The fourth-order valence-corrected chi connectivity index (χ4v) is 4.73. The van der Waals surface area contributed by atoms with Gasteiger partial charge in [0, 0.05) is 18.3 Å². The van der Waals surface area contributed by atoms with Crippen LogP contribution in [0.25, 0.3) is 11.4 Å². The van der Waals surface area contributed by atoms with Gasteiger partial charge in [0.15, 0.2) is 5.82 Å². The normalized spacial score (nSPS) is 15.5. The van der Waals surface area contributed by atoms with E-state index in [4.69, 9.17) is 9.72 Å². The van der Waals surface area contributed by atoms with Crippen molar-refractivity contribution in [1.29, 1.82) is 0 Å². The quantitative estimate of drug-likeness (QED) is 0.382. The Morgan fingerprint density at radius 1 is 0.941 bits per heavy atom. The molecule has 34 heavy (non-hydrogen) atoms. The van der Waals surface area contributed by atoms with Crippen LogP contribution in [0.15, 0.2) is 97.2 Å². The summed E-state index contributed by atoms with van der Waals surface area (Å²) in [6.07, 6.45) is 3.62. The molecule has 0 N–H and O–H groups in total. The van der Waals surface area contributed by atoms with Crippen LogP contribution in [0.4, 0.5) is 0 Å². The Kier molecular flexibility index (Phi) is 6.34. The maximum Gasteiger partial charge on any atom is 0.235 e. The lowest BCUT2D eigenvalue weighted by Crippen LogP contribution is -2.35. The second kappa shape index (κ2) is 9.87. The molecule has 4 aromatic rings. The van der Waals surface area contributed by atoms with Crippen LogP contribution >= 0.6 is 0 Å². The third kappa shape index (κ3) is 4.42. The second-order valence-electron chi connectivity index (χ2n) is 8.48. The van der Waals surface area contributed by atoms with Crippen molar-refractivity contribution in [3.63, 3.8) is 0 Å². The van der Waals surface area contributed by atoms with Gasteiger partial charge < -0.3 is 9.64 Å². The number of aromatic nitrogens is 2. The Hall–Kier alpha value is -3.99. The first-order chi connectivity index (χ1) is 16.7. The number of hydrogen-bond acceptors (Lipinski definition) is 4. The largest absolute Gasteiger partial charge is 0.497 e. The molecule has 170 valence electrons. The van der Waals surface area contributed by atoms with Gasteiger partial charge in [-0.1, -0.05) is 72.8 Å². The SMILES string of the molecule is COc1cccc(-c2nccc(C3CCCN3C(=O)C(c3ccccc3)c3ccccc3)n2)c1. The maximum absolute atomic E-state index is 14.0. The Bertz CT molecular complexity index is 1220. The van der Waals surface area contributed by atoms with Gasteiger partial charge in [0.1, 0.15) is 5.75 Å². The molecule has 1 aliphatic heterocycles. The highest BCUT2D eigenvalue weighted by Gasteiger charge is 2.36. The number of benzene rings is 3. The molecule has 1 aromatic heterocycles. The van der Waals surface area contributed by atoms with Crippen molar-refractivity contribution in [2.75, 3.05) is 13.7 Å². The number of rotatable bonds is 6. The summed E-state index contributed by atoms with van der Waals surface area (Å²) in [6.45, 7) is 0.720. The van der Waals surface area contributed by atoms with Gasteiger partial charge in [-0.05, 0) is 42.2 Å². The van der Waals surface area contributed by atoms with Gasteiger partial charge in [-0.3, -0.25) is 4.79 Å². The average molecular weight is 450 g/mol. The fraction of sp³-hybridized carbons (Fsp3) is 0.207. The third-order valence-corrected chi connectivity index (χ3v) is 6.40. The molecular formula is C29H27N3O2. The molecule has 1 fully saturated rings. The van der Waals surface area contributed by atoms with E-state index in [1.807, 2.05) is 95.9 Å². The van der Waals surface area contributed by atoms with E-state index in [0.29, 0.717) is 5.82 Å². The Morgan fingerprint density at radius 3 is 2.32 bits per heavy atom. The van der Waals surface area contributed by atoms with Crippen molar-refractivity contribution < 1.29 is 9.53 Å². The summed E-state index contributed by atoms with van der Waals surface area (Å²) < 4.78 is 5.36. The molecule has 1 aliphatic rings. The zero-order chi connectivity index (χ0) is 23.3. The summed E-state index contributed by atoms with van der Waals surface area (Å²) in [6, 6.07) is 29.7. The molecule has 0 bridgehead atoms. The lowest BCUT2D eigenvalue weighted by molar-refractivity contribution is -0.132. The summed E-state index contributed by atoms with van der Waals surface area (Å²) in [7, 11) is 1.65. The van der Waals surface area contributed by atoms with E-state index >= 15 is 0 Å². The first kappa shape index (κ1) is 21.8. The maximum atomic E-state index is 14.0. The molecule has 2 heterocycles. The molecule has 0 spiro atoms. The third-order valence-electron chi connectivity index (χ3n) is 6.40. The molecule has 5 heteroatoms. The van der Waals surface area contributed by atoms with Crippen LogP contribution in [0.2, 0.25) is 0 Å². The number of likely N-dealkylation sites (tertiary alicyclic amines) is 1. The van der Waals surface area contributed by atoms with Crippen molar-refractivity contribution >= 4 is 5.91 Å². The lowest BCUT2D eigenvalue weighted by Gasteiger charge is -2.29. The number of methoxy groups -OCH3 is 1. The molecule has 1 atom stereocenters. The summed E-state index contributed by atoms with van der Waals surface area (Å²) in [5.74, 6) is 1.17. The predicted octanol–water partition coefficient (Wildman–Crippen LogP) is 5.65. The van der Waals surface area contributed by atoms with E-state index < -0.39 is 0 Å². The van der Waals surface area contributed by atoms with Crippen LogP contribution in [0.1, 0.15) is 41.6 Å². The van der Waals surface area contributed by atoms with Crippen LogP contribution in [-0.4, -0.2) is 34.4 Å². The number of hydrogen-bond donors (Lipinski definition) is 0. The summed E-state index contributed by atoms with van der Waals surface area (Å²) in [5.41, 5.74) is 3.77. The Labute approximate surface area is 200 Å². The molecule has 3 aromatic carbocycles. The fourth-order valence-electron chi connectivity index (χ4n) is 4.73. The number of nitrogens with zero attached hydrogens (tertiary/aromatic N) is 3. The second-order valence-corrected chi connectivity index (χ2v) is 8.48. The van der Waals surface area contributed by atoms with Crippen LogP contribution < -0.4 is 4.74 Å². The first-order valence-corrected chi connectivity index (χ1v) is 11.6. The minimum atomic E-state index is -0.345. The number of amides is 1. The average Bonchev–Trinajstić information content (AvgIpc) is 3.40. The molecule has 0 radical (unpaired) electrons. The smallest absolute Gasteiger partial charge is 0.235 e. The van der Waals surface area contributed by atoms with E-state index in [1.165, 1.54) is 0 Å². The van der Waals surface area contributed by atoms with Crippen molar-refractivity contribution in [1.82, 2.24) is 14.9 Å². The predicted molar refractivity (Wildman–Crippen MR) is 132 cm³/mol. The van der Waals surface area contributed by atoms with Crippen LogP contribution in [0.3, 0.4) is 0 Å². The molecule has 5 nitrogen and oxygen atoms in total. The number of carbonyl (C=O) groups is 1. The highest BCUT2D eigenvalue weighted by molar-refractivity contribution is 5.87. The molecule has 5 rings (SSSR count). The first-order valence-electron chi connectivity index (χ1n) is 11.6. The van der Waals surface area contributed by atoms with Gasteiger partial charge in [-0.2, -0.15) is 0 Å². The molecule has 1 amide bonds. The summed E-state index contributed by atoms with van der Waals surface area (Å²) in [5, 5.41) is 0. The minimum Gasteiger partial charge on any atom is -0.497 e. The van der Waals surface area contributed by atoms with Gasteiger partial charge in [-0.25, -0.2) is 9.97 Å². The van der Waals surface area contributed by atoms with Gasteiger partial charge in [0.2, 0.25) is 5.91 Å². The number of ether oxygens (including phenoxy) is 1. The zero-order valence-corrected chi connectivity index (χ0v) is 19.2. The van der Waals surface area contributed by atoms with E-state index in [9.17, 15) is 4.79 Å². The highest BCUT2D eigenvalue weighted by atomic mass is 16.5. The van der Waals surface area contributed by atoms with E-state index in [2.05, 4.69) is 4.98 Å². The highest BCUT2D eigenvalue weighted by Crippen LogP contribution is 2.36. The van der Waals surface area contributed by atoms with Crippen LogP contribution in [0.5, 0.6) is 5.75 Å². The van der Waals surface area contributed by atoms with Crippen molar-refractivity contribution in [3.8, 4) is 17.1 Å². The van der Waals surface area contributed by atoms with Gasteiger partial charge in [0.05, 0.1) is 24.8 Å². The van der Waals surface area contributed by atoms with E-state index in [1.54, 1.807) is 13.3 Å². The van der Waals surface area contributed by atoms with Crippen LogP contribution in [0, 0.1) is 0 Å². The van der Waals surface area contributed by atoms with E-state index in [-0.39, 0.29) is 17.9 Å². The minimum absolute atomic E-state index is 0.0743. The monoisotopic (exact) mass is 449 g/mol. The van der Waals surface area contributed by atoms with Gasteiger partial charge in [0.25, 0.3) is 0 Å². The molecular weight excluding hydrogens is 422 g/mol.